The molecular formula is C16H11F3N4O. The van der Waals surface area contributed by atoms with Gasteiger partial charge in [-0.05, 0) is 12.1 Å². The first-order chi connectivity index (χ1) is 11.4. The van der Waals surface area contributed by atoms with Gasteiger partial charge in [0.25, 0.3) is 0 Å². The molecule has 0 saturated heterocycles. The highest BCUT2D eigenvalue weighted by Gasteiger charge is 2.28. The van der Waals surface area contributed by atoms with Crippen LogP contribution in [0.2, 0.25) is 0 Å². The predicted octanol–water partition coefficient (Wildman–Crippen LogP) is 2.68. The molecule has 2 heterocycles. The van der Waals surface area contributed by atoms with Gasteiger partial charge in [-0.15, -0.1) is 0 Å². The van der Waals surface area contributed by atoms with Gasteiger partial charge in [-0.3, -0.25) is 4.79 Å². The fourth-order valence-corrected chi connectivity index (χ4v) is 2.54. The van der Waals surface area contributed by atoms with Gasteiger partial charge in [0.15, 0.2) is 0 Å². The fourth-order valence-electron chi connectivity index (χ4n) is 2.54. The number of nitriles is 1. The summed E-state index contributed by atoms with van der Waals surface area (Å²) in [6.45, 7) is -1.13. The molecule has 122 valence electrons. The van der Waals surface area contributed by atoms with Crippen molar-refractivity contribution < 1.29 is 13.2 Å². The Labute approximate surface area is 134 Å². The lowest BCUT2D eigenvalue weighted by Gasteiger charge is -2.14. The molecule has 3 rings (SSSR count). The maximum Gasteiger partial charge on any atom is 0.406 e. The van der Waals surface area contributed by atoms with Gasteiger partial charge < -0.3 is 9.13 Å². The molecule has 2 aromatic heterocycles. The number of imidazole rings is 1. The molecule has 3 aromatic rings. The third kappa shape index (κ3) is 3.01. The van der Waals surface area contributed by atoms with E-state index in [1.54, 1.807) is 28.8 Å². The summed E-state index contributed by atoms with van der Waals surface area (Å²) in [7, 11) is 0. The normalized spacial score (nSPS) is 11.6. The van der Waals surface area contributed by atoms with E-state index < -0.39 is 18.1 Å². The van der Waals surface area contributed by atoms with Crippen LogP contribution < -0.4 is 5.43 Å². The van der Waals surface area contributed by atoms with Gasteiger partial charge in [0.1, 0.15) is 24.0 Å². The second-order valence-corrected chi connectivity index (χ2v) is 5.22. The van der Waals surface area contributed by atoms with E-state index in [9.17, 15) is 18.0 Å². The molecule has 0 unspecified atom stereocenters. The Morgan fingerprint density at radius 3 is 2.67 bits per heavy atom. The van der Waals surface area contributed by atoms with E-state index in [2.05, 4.69) is 4.98 Å². The SMILES string of the molecule is N#Cc1cn(Cc2nccn2CC(F)(F)F)c2ccccc2c1=O. The van der Waals surface area contributed by atoms with E-state index in [4.69, 9.17) is 5.26 Å². The molecule has 0 aliphatic heterocycles. The number of fused-ring (bicyclic) bond motifs is 1. The van der Waals surface area contributed by atoms with Gasteiger partial charge in [-0.2, -0.15) is 18.4 Å². The topological polar surface area (TPSA) is 63.6 Å². The standard InChI is InChI=1S/C16H11F3N4O/c17-16(18,19)10-22-6-5-21-14(22)9-23-8-11(7-20)15(24)12-3-1-2-4-13(12)23/h1-6,8H,9-10H2. The molecule has 0 fully saturated rings. The van der Waals surface area contributed by atoms with Crippen LogP contribution in [0.25, 0.3) is 10.9 Å². The van der Waals surface area contributed by atoms with Crippen LogP contribution in [0.4, 0.5) is 13.2 Å². The molecule has 24 heavy (non-hydrogen) atoms. The Kier molecular flexibility index (Phi) is 3.85. The van der Waals surface area contributed by atoms with Crippen LogP contribution in [0.3, 0.4) is 0 Å². The molecule has 8 heteroatoms. The van der Waals surface area contributed by atoms with Crippen molar-refractivity contribution in [2.75, 3.05) is 0 Å². The molecule has 0 N–H and O–H groups in total. The van der Waals surface area contributed by atoms with Gasteiger partial charge >= 0.3 is 6.18 Å². The molecule has 0 spiro atoms. The third-order valence-electron chi connectivity index (χ3n) is 3.57. The zero-order valence-corrected chi connectivity index (χ0v) is 12.3. The molecule has 5 nitrogen and oxygen atoms in total. The van der Waals surface area contributed by atoms with Gasteiger partial charge in [0, 0.05) is 24.0 Å². The summed E-state index contributed by atoms with van der Waals surface area (Å²) in [4.78, 5) is 16.1. The Hall–Kier alpha value is -3.08. The maximum atomic E-state index is 12.6. The fraction of sp³-hybridized carbons (Fsp3) is 0.188. The number of halogens is 3. The summed E-state index contributed by atoms with van der Waals surface area (Å²) in [5.41, 5.74) is 0.0636. The summed E-state index contributed by atoms with van der Waals surface area (Å²) in [6.07, 6.45) is -0.480. The summed E-state index contributed by atoms with van der Waals surface area (Å²) < 4.78 is 40.4. The van der Waals surface area contributed by atoms with Crippen LogP contribution in [0, 0.1) is 11.3 Å². The van der Waals surface area contributed by atoms with Crippen LogP contribution in [0.5, 0.6) is 0 Å². The number of nitrogens with zero attached hydrogens (tertiary/aromatic N) is 4. The van der Waals surface area contributed by atoms with Crippen LogP contribution in [-0.4, -0.2) is 20.3 Å². The summed E-state index contributed by atoms with van der Waals surface area (Å²) in [5, 5.41) is 9.44. The minimum atomic E-state index is -4.36. The number of aromatic nitrogens is 3. The monoisotopic (exact) mass is 332 g/mol. The van der Waals surface area contributed by atoms with Crippen molar-refractivity contribution in [3.63, 3.8) is 0 Å². The van der Waals surface area contributed by atoms with E-state index >= 15 is 0 Å². The number of para-hydroxylation sites is 1. The van der Waals surface area contributed by atoms with Gasteiger partial charge in [-0.25, -0.2) is 4.98 Å². The molecule has 0 radical (unpaired) electrons. The Balaban J connectivity index is 2.09. The van der Waals surface area contributed by atoms with Crippen molar-refractivity contribution in [3.8, 4) is 6.07 Å². The predicted molar refractivity (Wildman–Crippen MR) is 80.3 cm³/mol. The minimum Gasteiger partial charge on any atom is -0.338 e. The molecule has 1 aromatic carbocycles. The smallest absolute Gasteiger partial charge is 0.338 e. The molecule has 0 saturated carbocycles. The van der Waals surface area contributed by atoms with Crippen molar-refractivity contribution >= 4 is 10.9 Å². The number of pyridine rings is 1. The van der Waals surface area contributed by atoms with E-state index in [1.807, 2.05) is 6.07 Å². The summed E-state index contributed by atoms with van der Waals surface area (Å²) >= 11 is 0. The van der Waals surface area contributed by atoms with Gasteiger partial charge in [-0.1, -0.05) is 12.1 Å². The second-order valence-electron chi connectivity index (χ2n) is 5.22. The summed E-state index contributed by atoms with van der Waals surface area (Å²) in [6, 6.07) is 8.46. The van der Waals surface area contributed by atoms with Crippen LogP contribution in [0.15, 0.2) is 47.7 Å². The zero-order valence-electron chi connectivity index (χ0n) is 12.3. The van der Waals surface area contributed by atoms with Crippen molar-refractivity contribution in [2.24, 2.45) is 0 Å². The second kappa shape index (κ2) is 5.85. The first kappa shape index (κ1) is 15.8. The first-order valence-corrected chi connectivity index (χ1v) is 6.98. The van der Waals surface area contributed by atoms with E-state index in [1.165, 1.54) is 18.6 Å². The quantitative estimate of drug-likeness (QED) is 0.741. The number of rotatable bonds is 3. The largest absolute Gasteiger partial charge is 0.406 e. The average Bonchev–Trinajstić information content (AvgIpc) is 2.95. The lowest BCUT2D eigenvalue weighted by molar-refractivity contribution is -0.141. The molecule has 0 bridgehead atoms. The van der Waals surface area contributed by atoms with Crippen LogP contribution >= 0.6 is 0 Å². The van der Waals surface area contributed by atoms with Gasteiger partial charge in [0.05, 0.1) is 12.1 Å². The minimum absolute atomic E-state index is 0.0125. The van der Waals surface area contributed by atoms with E-state index in [0.717, 1.165) is 4.57 Å². The average molecular weight is 332 g/mol. The van der Waals surface area contributed by atoms with Crippen LogP contribution in [-0.2, 0) is 13.1 Å². The number of benzene rings is 1. The van der Waals surface area contributed by atoms with Gasteiger partial charge in [0.2, 0.25) is 5.43 Å². The third-order valence-corrected chi connectivity index (χ3v) is 3.57. The Morgan fingerprint density at radius 2 is 1.96 bits per heavy atom. The maximum absolute atomic E-state index is 12.6. The lowest BCUT2D eigenvalue weighted by Crippen LogP contribution is -2.21. The molecule has 0 atom stereocenters. The van der Waals surface area contributed by atoms with Crippen molar-refractivity contribution in [3.05, 3.63) is 64.5 Å². The Morgan fingerprint density at radius 1 is 1.21 bits per heavy atom. The van der Waals surface area contributed by atoms with Crippen molar-refractivity contribution in [1.82, 2.24) is 14.1 Å². The van der Waals surface area contributed by atoms with Crippen molar-refractivity contribution in [1.29, 1.82) is 5.26 Å². The molecule has 0 amide bonds. The highest BCUT2D eigenvalue weighted by atomic mass is 19.4. The molecule has 0 aliphatic carbocycles. The number of hydrogen-bond donors (Lipinski definition) is 0. The van der Waals surface area contributed by atoms with Crippen LogP contribution in [0.1, 0.15) is 11.4 Å². The van der Waals surface area contributed by atoms with E-state index in [0.29, 0.717) is 10.9 Å². The molecular weight excluding hydrogens is 321 g/mol. The summed E-state index contributed by atoms with van der Waals surface area (Å²) in [5.74, 6) is 0.185. The zero-order chi connectivity index (χ0) is 17.3. The number of hydrogen-bond acceptors (Lipinski definition) is 3. The highest BCUT2D eigenvalue weighted by molar-refractivity contribution is 5.80. The number of alkyl halides is 3. The first-order valence-electron chi connectivity index (χ1n) is 6.98. The Bertz CT molecular complexity index is 995. The lowest BCUT2D eigenvalue weighted by atomic mass is 10.1. The highest BCUT2D eigenvalue weighted by Crippen LogP contribution is 2.19. The van der Waals surface area contributed by atoms with Crippen molar-refractivity contribution in [2.45, 2.75) is 19.3 Å². The molecule has 0 aliphatic rings. The van der Waals surface area contributed by atoms with E-state index in [-0.39, 0.29) is 17.9 Å².